The van der Waals surface area contributed by atoms with Crippen LogP contribution in [-0.4, -0.2) is 25.0 Å². The molecular weight excluding hydrogens is 206 g/mol. The number of nitrogens with one attached hydrogen (secondary N) is 1. The largest absolute Gasteiger partial charge is 0.464 e. The van der Waals surface area contributed by atoms with Crippen LogP contribution in [0.4, 0.5) is 0 Å². The van der Waals surface area contributed by atoms with Gasteiger partial charge in [-0.05, 0) is 18.8 Å². The van der Waals surface area contributed by atoms with Gasteiger partial charge in [-0.1, -0.05) is 33.6 Å². The molecule has 1 amide bonds. The first-order valence-electron chi connectivity index (χ1n) is 5.98. The van der Waals surface area contributed by atoms with Crippen LogP contribution in [0.2, 0.25) is 0 Å². The molecule has 0 aromatic carbocycles. The predicted molar refractivity (Wildman–Crippen MR) is 62.9 cm³/mol. The number of hydrogen-bond acceptors (Lipinski definition) is 3. The van der Waals surface area contributed by atoms with E-state index in [9.17, 15) is 9.59 Å². The number of amides is 1. The van der Waals surface area contributed by atoms with Gasteiger partial charge in [0.05, 0.1) is 6.61 Å². The van der Waals surface area contributed by atoms with Crippen molar-refractivity contribution in [2.24, 2.45) is 5.92 Å². The monoisotopic (exact) mass is 229 g/mol. The second kappa shape index (κ2) is 9.19. The summed E-state index contributed by atoms with van der Waals surface area (Å²) >= 11 is 0. The minimum absolute atomic E-state index is 0.322. The fraction of sp³-hybridized carbons (Fsp3) is 0.833. The highest BCUT2D eigenvalue weighted by Gasteiger charge is 2.19. The van der Waals surface area contributed by atoms with Gasteiger partial charge in [-0.25, -0.2) is 4.79 Å². The molecule has 16 heavy (non-hydrogen) atoms. The maximum atomic E-state index is 11.6. The van der Waals surface area contributed by atoms with Crippen molar-refractivity contribution in [2.75, 3.05) is 6.61 Å². The van der Waals surface area contributed by atoms with Gasteiger partial charge in [-0.3, -0.25) is 4.79 Å². The van der Waals surface area contributed by atoms with E-state index in [0.717, 1.165) is 19.3 Å². The van der Waals surface area contributed by atoms with Gasteiger partial charge in [0.2, 0.25) is 6.41 Å². The van der Waals surface area contributed by atoms with Crippen molar-refractivity contribution < 1.29 is 14.3 Å². The van der Waals surface area contributed by atoms with Crippen LogP contribution in [0.1, 0.15) is 46.5 Å². The Morgan fingerprint density at radius 1 is 1.38 bits per heavy atom. The molecule has 0 rings (SSSR count). The third-order valence-electron chi connectivity index (χ3n) is 2.25. The van der Waals surface area contributed by atoms with Crippen molar-refractivity contribution in [1.82, 2.24) is 5.32 Å². The van der Waals surface area contributed by atoms with E-state index in [1.165, 1.54) is 0 Å². The maximum absolute atomic E-state index is 11.6. The van der Waals surface area contributed by atoms with Crippen molar-refractivity contribution in [2.45, 2.75) is 52.5 Å². The van der Waals surface area contributed by atoms with Crippen molar-refractivity contribution >= 4 is 12.4 Å². The zero-order valence-corrected chi connectivity index (χ0v) is 10.5. The molecule has 0 aromatic rings. The van der Waals surface area contributed by atoms with Gasteiger partial charge in [-0.15, -0.1) is 0 Å². The van der Waals surface area contributed by atoms with Gasteiger partial charge >= 0.3 is 5.97 Å². The van der Waals surface area contributed by atoms with Gasteiger partial charge in [0, 0.05) is 0 Å². The predicted octanol–water partition coefficient (Wildman–Crippen LogP) is 1.88. The van der Waals surface area contributed by atoms with Gasteiger partial charge < -0.3 is 10.1 Å². The molecule has 0 radical (unpaired) electrons. The molecule has 0 saturated heterocycles. The van der Waals surface area contributed by atoms with E-state index < -0.39 is 6.04 Å². The van der Waals surface area contributed by atoms with Crippen molar-refractivity contribution in [3.05, 3.63) is 0 Å². The minimum Gasteiger partial charge on any atom is -0.464 e. The zero-order valence-electron chi connectivity index (χ0n) is 10.5. The fourth-order valence-corrected chi connectivity index (χ4v) is 1.41. The Morgan fingerprint density at radius 2 is 2.06 bits per heavy atom. The number of hydrogen-bond donors (Lipinski definition) is 1. The van der Waals surface area contributed by atoms with Crippen LogP contribution in [0, 0.1) is 5.92 Å². The minimum atomic E-state index is -0.501. The number of rotatable bonds is 9. The van der Waals surface area contributed by atoms with Crippen LogP contribution in [0.3, 0.4) is 0 Å². The molecule has 94 valence electrons. The van der Waals surface area contributed by atoms with Crippen LogP contribution >= 0.6 is 0 Å². The topological polar surface area (TPSA) is 55.4 Å². The molecule has 0 aliphatic rings. The van der Waals surface area contributed by atoms with E-state index >= 15 is 0 Å². The highest BCUT2D eigenvalue weighted by atomic mass is 16.5. The van der Waals surface area contributed by atoms with E-state index in [1.807, 2.05) is 13.8 Å². The lowest BCUT2D eigenvalue weighted by Crippen LogP contribution is -2.38. The second-order valence-electron chi connectivity index (χ2n) is 4.34. The molecule has 0 heterocycles. The number of ether oxygens (including phenoxy) is 1. The smallest absolute Gasteiger partial charge is 0.328 e. The Labute approximate surface area is 97.7 Å². The third-order valence-corrected chi connectivity index (χ3v) is 2.25. The Morgan fingerprint density at radius 3 is 2.56 bits per heavy atom. The molecule has 0 saturated carbocycles. The van der Waals surface area contributed by atoms with E-state index in [0.29, 0.717) is 25.4 Å². The Hall–Kier alpha value is -1.06. The summed E-state index contributed by atoms with van der Waals surface area (Å²) in [6.07, 6.45) is 4.21. The summed E-state index contributed by atoms with van der Waals surface area (Å²) in [7, 11) is 0. The number of carbonyl (C=O) groups excluding carboxylic acids is 2. The van der Waals surface area contributed by atoms with Gasteiger partial charge in [0.25, 0.3) is 0 Å². The average Bonchev–Trinajstić information content (AvgIpc) is 2.23. The van der Waals surface area contributed by atoms with E-state index in [4.69, 9.17) is 4.74 Å². The number of carbonyl (C=O) groups is 2. The second-order valence-corrected chi connectivity index (χ2v) is 4.34. The van der Waals surface area contributed by atoms with Crippen molar-refractivity contribution in [1.29, 1.82) is 0 Å². The molecule has 1 atom stereocenters. The van der Waals surface area contributed by atoms with E-state index in [-0.39, 0.29) is 5.97 Å². The Bertz CT molecular complexity index is 204. The van der Waals surface area contributed by atoms with E-state index in [1.54, 1.807) is 0 Å². The normalized spacial score (nSPS) is 12.2. The van der Waals surface area contributed by atoms with Crippen LogP contribution in [0.5, 0.6) is 0 Å². The summed E-state index contributed by atoms with van der Waals surface area (Å²) in [5, 5.41) is 2.50. The molecule has 1 N–H and O–H groups in total. The Kier molecular flexibility index (Phi) is 8.58. The molecule has 4 nitrogen and oxygen atoms in total. The standard InChI is InChI=1S/C12H23NO3/c1-4-5-6-7-16-12(15)11(13-9-14)8-10(2)3/h9-11H,4-8H2,1-3H3,(H,13,14)/t11-/m0/s1. The fourth-order valence-electron chi connectivity index (χ4n) is 1.41. The molecule has 0 aliphatic heterocycles. The lowest BCUT2D eigenvalue weighted by Gasteiger charge is -2.16. The quantitative estimate of drug-likeness (QED) is 0.373. The molecule has 0 aromatic heterocycles. The van der Waals surface area contributed by atoms with Crippen LogP contribution < -0.4 is 5.32 Å². The molecule has 4 heteroatoms. The average molecular weight is 229 g/mol. The lowest BCUT2D eigenvalue weighted by molar-refractivity contribution is -0.147. The summed E-state index contributed by atoms with van der Waals surface area (Å²) in [4.78, 5) is 21.9. The third kappa shape index (κ3) is 7.26. The summed E-state index contributed by atoms with van der Waals surface area (Å²) in [5.74, 6) is 0.0255. The SMILES string of the molecule is CCCCCOC(=O)[C@H](CC(C)C)NC=O. The highest BCUT2D eigenvalue weighted by Crippen LogP contribution is 2.06. The highest BCUT2D eigenvalue weighted by molar-refractivity contribution is 5.78. The number of esters is 1. The first-order valence-corrected chi connectivity index (χ1v) is 5.98. The van der Waals surface area contributed by atoms with Crippen LogP contribution in [-0.2, 0) is 14.3 Å². The van der Waals surface area contributed by atoms with Crippen LogP contribution in [0.15, 0.2) is 0 Å². The summed E-state index contributed by atoms with van der Waals surface area (Å²) in [6.45, 7) is 6.55. The zero-order chi connectivity index (χ0) is 12.4. The summed E-state index contributed by atoms with van der Waals surface area (Å²) in [6, 6.07) is -0.501. The molecule has 0 aliphatic carbocycles. The number of unbranched alkanes of at least 4 members (excludes halogenated alkanes) is 2. The van der Waals surface area contributed by atoms with Gasteiger partial charge in [0.15, 0.2) is 0 Å². The van der Waals surface area contributed by atoms with Gasteiger partial charge in [0.1, 0.15) is 6.04 Å². The van der Waals surface area contributed by atoms with Crippen molar-refractivity contribution in [3.8, 4) is 0 Å². The molecular formula is C12H23NO3. The molecule has 0 bridgehead atoms. The Balaban J connectivity index is 3.91. The van der Waals surface area contributed by atoms with Crippen molar-refractivity contribution in [3.63, 3.8) is 0 Å². The molecule has 0 fully saturated rings. The maximum Gasteiger partial charge on any atom is 0.328 e. The van der Waals surface area contributed by atoms with E-state index in [2.05, 4.69) is 12.2 Å². The molecule has 0 spiro atoms. The lowest BCUT2D eigenvalue weighted by atomic mass is 10.0. The summed E-state index contributed by atoms with van der Waals surface area (Å²) in [5.41, 5.74) is 0. The first kappa shape index (κ1) is 14.9. The summed E-state index contributed by atoms with van der Waals surface area (Å²) < 4.78 is 5.10. The van der Waals surface area contributed by atoms with Gasteiger partial charge in [-0.2, -0.15) is 0 Å². The first-order chi connectivity index (χ1) is 7.61. The van der Waals surface area contributed by atoms with Crippen LogP contribution in [0.25, 0.3) is 0 Å². The molecule has 0 unspecified atom stereocenters.